The predicted octanol–water partition coefficient (Wildman–Crippen LogP) is 3.44. The maximum absolute atomic E-state index is 6.05. The normalized spacial score (nSPS) is 18.8. The molecule has 6 nitrogen and oxygen atoms in total. The van der Waals surface area contributed by atoms with Crippen molar-refractivity contribution in [3.63, 3.8) is 0 Å². The quantitative estimate of drug-likeness (QED) is 0.846. The molecular weight excluding hydrogens is 364 g/mol. The van der Waals surface area contributed by atoms with Gasteiger partial charge in [-0.1, -0.05) is 23.7 Å². The number of hydrogen-bond donors (Lipinski definition) is 1. The summed E-state index contributed by atoms with van der Waals surface area (Å²) < 4.78 is 11.6. The first-order valence-electron chi connectivity index (χ1n) is 9.49. The van der Waals surface area contributed by atoms with E-state index >= 15 is 0 Å². The van der Waals surface area contributed by atoms with Gasteiger partial charge in [-0.25, -0.2) is 4.98 Å². The minimum absolute atomic E-state index is 0.377. The number of benzene rings is 1. The van der Waals surface area contributed by atoms with Crippen molar-refractivity contribution in [2.45, 2.75) is 32.0 Å². The number of nitrogens with one attached hydrogen (secondary N) is 1. The van der Waals surface area contributed by atoms with Gasteiger partial charge in [0.05, 0.1) is 13.2 Å². The molecule has 0 atom stereocenters. The molecule has 0 amide bonds. The molecule has 27 heavy (non-hydrogen) atoms. The lowest BCUT2D eigenvalue weighted by molar-refractivity contribution is -0.169. The van der Waals surface area contributed by atoms with Gasteiger partial charge in [-0.2, -0.15) is 4.98 Å². The number of aryl methyl sites for hydroxylation is 1. The third-order valence-corrected chi connectivity index (χ3v) is 5.31. The third kappa shape index (κ3) is 4.51. The zero-order chi connectivity index (χ0) is 18.7. The summed E-state index contributed by atoms with van der Waals surface area (Å²) >= 11 is 6.05. The minimum Gasteiger partial charge on any atom is -0.370 e. The molecule has 0 bridgehead atoms. The topological polar surface area (TPSA) is 59.5 Å². The number of piperidine rings is 1. The molecule has 144 valence electrons. The van der Waals surface area contributed by atoms with Gasteiger partial charge in [-0.3, -0.25) is 0 Å². The van der Waals surface area contributed by atoms with Crippen LogP contribution in [0.2, 0.25) is 5.02 Å². The van der Waals surface area contributed by atoms with Gasteiger partial charge < -0.3 is 19.7 Å². The van der Waals surface area contributed by atoms with Crippen molar-refractivity contribution in [1.82, 2.24) is 9.97 Å². The molecule has 1 aromatic carbocycles. The van der Waals surface area contributed by atoms with Crippen LogP contribution in [0.3, 0.4) is 0 Å². The lowest BCUT2D eigenvalue weighted by Gasteiger charge is -2.37. The molecule has 0 saturated carbocycles. The van der Waals surface area contributed by atoms with Gasteiger partial charge in [0.2, 0.25) is 5.95 Å². The van der Waals surface area contributed by atoms with Gasteiger partial charge >= 0.3 is 0 Å². The van der Waals surface area contributed by atoms with Crippen molar-refractivity contribution < 1.29 is 9.47 Å². The largest absolute Gasteiger partial charge is 0.370 e. The summed E-state index contributed by atoms with van der Waals surface area (Å²) in [6, 6.07) is 9.93. The molecule has 2 aliphatic heterocycles. The van der Waals surface area contributed by atoms with Crippen LogP contribution in [0.4, 0.5) is 11.8 Å². The van der Waals surface area contributed by atoms with E-state index in [1.807, 2.05) is 31.2 Å². The van der Waals surface area contributed by atoms with Crippen molar-refractivity contribution in [3.8, 4) is 0 Å². The van der Waals surface area contributed by atoms with Crippen LogP contribution in [-0.2, 0) is 15.9 Å². The lowest BCUT2D eigenvalue weighted by Crippen LogP contribution is -2.45. The van der Waals surface area contributed by atoms with Gasteiger partial charge in [0.25, 0.3) is 0 Å². The van der Waals surface area contributed by atoms with E-state index in [-0.39, 0.29) is 5.79 Å². The van der Waals surface area contributed by atoms with E-state index in [2.05, 4.69) is 21.3 Å². The number of rotatable bonds is 5. The summed E-state index contributed by atoms with van der Waals surface area (Å²) in [5, 5.41) is 4.18. The summed E-state index contributed by atoms with van der Waals surface area (Å²) in [7, 11) is 0. The Morgan fingerprint density at radius 2 is 1.93 bits per heavy atom. The number of aromatic nitrogens is 2. The molecule has 2 fully saturated rings. The zero-order valence-corrected chi connectivity index (χ0v) is 16.3. The molecule has 0 unspecified atom stereocenters. The van der Waals surface area contributed by atoms with E-state index in [0.717, 1.165) is 61.4 Å². The summed E-state index contributed by atoms with van der Waals surface area (Å²) in [5.74, 6) is 1.25. The van der Waals surface area contributed by atoms with Crippen LogP contribution < -0.4 is 10.2 Å². The Kier molecular flexibility index (Phi) is 5.48. The maximum Gasteiger partial charge on any atom is 0.227 e. The summed E-state index contributed by atoms with van der Waals surface area (Å²) in [5.41, 5.74) is 2.16. The minimum atomic E-state index is -0.377. The monoisotopic (exact) mass is 388 g/mol. The van der Waals surface area contributed by atoms with Gasteiger partial charge in [-0.05, 0) is 31.0 Å². The van der Waals surface area contributed by atoms with Crippen molar-refractivity contribution in [2.24, 2.45) is 0 Å². The fourth-order valence-electron chi connectivity index (χ4n) is 3.65. The average Bonchev–Trinajstić information content (AvgIpc) is 3.10. The van der Waals surface area contributed by atoms with Gasteiger partial charge in [-0.15, -0.1) is 0 Å². The van der Waals surface area contributed by atoms with Crippen LogP contribution in [-0.4, -0.2) is 48.6 Å². The van der Waals surface area contributed by atoms with E-state index in [0.29, 0.717) is 13.2 Å². The number of ether oxygens (including phenoxy) is 2. The number of hydrogen-bond acceptors (Lipinski definition) is 6. The summed E-state index contributed by atoms with van der Waals surface area (Å²) in [6.07, 6.45) is 2.59. The highest BCUT2D eigenvalue weighted by molar-refractivity contribution is 6.30. The molecule has 1 aromatic heterocycles. The Balaban J connectivity index is 1.36. The van der Waals surface area contributed by atoms with Crippen molar-refractivity contribution >= 4 is 23.4 Å². The maximum atomic E-state index is 6.05. The fourth-order valence-corrected chi connectivity index (χ4v) is 3.86. The van der Waals surface area contributed by atoms with Crippen LogP contribution in [0.15, 0.2) is 30.3 Å². The van der Waals surface area contributed by atoms with Gasteiger partial charge in [0.15, 0.2) is 5.79 Å². The third-order valence-electron chi connectivity index (χ3n) is 5.07. The fraction of sp³-hybridized carbons (Fsp3) is 0.500. The zero-order valence-electron chi connectivity index (χ0n) is 15.6. The van der Waals surface area contributed by atoms with E-state index in [9.17, 15) is 0 Å². The van der Waals surface area contributed by atoms with E-state index < -0.39 is 0 Å². The highest BCUT2D eigenvalue weighted by Gasteiger charge is 2.40. The second-order valence-electron chi connectivity index (χ2n) is 7.10. The molecule has 2 saturated heterocycles. The molecule has 2 aliphatic rings. The molecular formula is C20H25ClN4O2. The van der Waals surface area contributed by atoms with Crippen LogP contribution in [0.5, 0.6) is 0 Å². The number of anilines is 2. The second-order valence-corrected chi connectivity index (χ2v) is 7.53. The van der Waals surface area contributed by atoms with Gasteiger partial charge in [0, 0.05) is 49.3 Å². The molecule has 4 rings (SSSR count). The Bertz CT molecular complexity index is 785. The molecule has 1 spiro atoms. The first-order valence-corrected chi connectivity index (χ1v) is 9.87. The average molecular weight is 389 g/mol. The van der Waals surface area contributed by atoms with Crippen LogP contribution >= 0.6 is 11.6 Å². The second kappa shape index (κ2) is 8.00. The van der Waals surface area contributed by atoms with Crippen molar-refractivity contribution in [1.29, 1.82) is 0 Å². The summed E-state index contributed by atoms with van der Waals surface area (Å²) in [4.78, 5) is 11.6. The molecule has 1 N–H and O–H groups in total. The SMILES string of the molecule is Cc1cc(NCCc2cccc(Cl)c2)nc(N2CCC3(CC2)OCCO3)n1. The Morgan fingerprint density at radius 1 is 1.15 bits per heavy atom. The first kappa shape index (κ1) is 18.5. The number of halogens is 1. The van der Waals surface area contributed by atoms with Crippen molar-refractivity contribution in [2.75, 3.05) is 43.1 Å². The van der Waals surface area contributed by atoms with E-state index in [4.69, 9.17) is 26.1 Å². The molecule has 3 heterocycles. The molecule has 2 aromatic rings. The van der Waals surface area contributed by atoms with Gasteiger partial charge in [0.1, 0.15) is 5.82 Å². The Hall–Kier alpha value is -1.89. The number of nitrogens with zero attached hydrogens (tertiary/aromatic N) is 3. The van der Waals surface area contributed by atoms with Crippen LogP contribution in [0, 0.1) is 6.92 Å². The molecule has 7 heteroatoms. The van der Waals surface area contributed by atoms with Crippen molar-refractivity contribution in [3.05, 3.63) is 46.6 Å². The smallest absolute Gasteiger partial charge is 0.227 e. The highest BCUT2D eigenvalue weighted by Crippen LogP contribution is 2.32. The highest BCUT2D eigenvalue weighted by atomic mass is 35.5. The van der Waals surface area contributed by atoms with Crippen LogP contribution in [0.25, 0.3) is 0 Å². The first-order chi connectivity index (χ1) is 13.1. The van der Waals surface area contributed by atoms with E-state index in [1.54, 1.807) is 0 Å². The Labute approximate surface area is 164 Å². The molecule has 0 aliphatic carbocycles. The standard InChI is InChI=1S/C20H25ClN4O2/c1-15-13-18(22-8-5-16-3-2-4-17(21)14-16)24-19(23-15)25-9-6-20(7-10-25)26-11-12-27-20/h2-4,13-14H,5-12H2,1H3,(H,22,23,24). The lowest BCUT2D eigenvalue weighted by atomic mass is 10.0. The van der Waals surface area contributed by atoms with Crippen LogP contribution in [0.1, 0.15) is 24.1 Å². The predicted molar refractivity (Wildman–Crippen MR) is 106 cm³/mol. The van der Waals surface area contributed by atoms with E-state index in [1.165, 1.54) is 5.56 Å². The summed E-state index contributed by atoms with van der Waals surface area (Å²) in [6.45, 7) is 5.86. The molecule has 0 radical (unpaired) electrons. The Morgan fingerprint density at radius 3 is 2.67 bits per heavy atom.